The van der Waals surface area contributed by atoms with E-state index in [0.717, 1.165) is 29.1 Å². The first-order chi connectivity index (χ1) is 38.1. The fourth-order valence-corrected chi connectivity index (χ4v) is 11.2. The Balaban J connectivity index is 0.696. The number of nitrogens with one attached hydrogen (secondary N) is 2. The van der Waals surface area contributed by atoms with Crippen LogP contribution in [0.15, 0.2) is 77.6 Å². The average Bonchev–Trinajstić information content (AvgIpc) is 3.94. The number of amides is 1. The average molecular weight is 1090 g/mol. The molecule has 7 aromatic rings. The largest absolute Gasteiger partial charge is 0.382 e. The molecule has 3 fully saturated rings. The van der Waals surface area contributed by atoms with Crippen molar-refractivity contribution in [1.29, 1.82) is 0 Å². The number of hydrogen-bond acceptors (Lipinski definition) is 14. The van der Waals surface area contributed by atoms with Gasteiger partial charge in [0, 0.05) is 111 Å². The number of carbonyl (C=O) groups excluding carboxylic acids is 1. The minimum absolute atomic E-state index is 0.0375. The van der Waals surface area contributed by atoms with E-state index in [2.05, 4.69) is 49.8 Å². The number of nitrogens with two attached hydrogens (primary N) is 2. The molecule has 16 nitrogen and oxygen atoms in total. The number of aromatic amines is 1. The first-order valence-corrected chi connectivity index (χ1v) is 26.4. The van der Waals surface area contributed by atoms with E-state index >= 15 is 17.6 Å². The maximum absolute atomic E-state index is 15.8. The molecule has 0 spiro atoms. The Bertz CT molecular complexity index is 3500. The summed E-state index contributed by atoms with van der Waals surface area (Å²) in [6.45, 7) is 8.99. The number of piperazine rings is 1. The standard InChI is InChI=1S/C57H58F6N12O4/c1-31-22-36-25-38(27-43(59)46(36)57(77)67-31)50-55(65)70-52(62)47(68-50)32-2-5-40(6-3-32)74-16-14-72(15-17-74)12-9-35(51(60)61)30-79-41-10-13-73(29-41)28-39-24-34(4-7-44(39)75-18-20-78-21-19-75)48-53(63)71-54(64)49(69-48)37-23-33-8-11-66-56(76)45(33)42(58)26-37/h2-7,22-27,35,41,51H,8-21,28-30H2,1H3,(H2,64,71)(H2,65,70)(H,66,76)(H,67,77)/t35?,41-/m0/s1. The van der Waals surface area contributed by atoms with Crippen LogP contribution in [0.4, 0.5) is 49.4 Å². The lowest BCUT2D eigenvalue weighted by Gasteiger charge is -2.36. The van der Waals surface area contributed by atoms with Crippen LogP contribution in [0.3, 0.4) is 0 Å². The summed E-state index contributed by atoms with van der Waals surface area (Å²) in [5.41, 5.74) is 16.8. The number of nitrogen functional groups attached to an aromatic ring is 2. The molecule has 22 heteroatoms. The molecule has 2 atom stereocenters. The van der Waals surface area contributed by atoms with Gasteiger partial charge in [0.05, 0.1) is 36.9 Å². The topological polar surface area (TPSA) is 197 Å². The van der Waals surface area contributed by atoms with Gasteiger partial charge in [0.1, 0.15) is 34.4 Å². The summed E-state index contributed by atoms with van der Waals surface area (Å²) in [6, 6.07) is 19.8. The van der Waals surface area contributed by atoms with Crippen LogP contribution in [0.25, 0.3) is 55.8 Å². The van der Waals surface area contributed by atoms with Crippen LogP contribution in [0.5, 0.6) is 0 Å². The van der Waals surface area contributed by atoms with Gasteiger partial charge >= 0.3 is 0 Å². The van der Waals surface area contributed by atoms with E-state index in [9.17, 15) is 18.4 Å². The number of morpholine rings is 1. The zero-order valence-electron chi connectivity index (χ0n) is 43.3. The van der Waals surface area contributed by atoms with E-state index in [1.807, 2.05) is 24.3 Å². The number of hydrogen-bond donors (Lipinski definition) is 4. The zero-order valence-corrected chi connectivity index (χ0v) is 43.3. The maximum Gasteiger partial charge on any atom is 0.258 e. The van der Waals surface area contributed by atoms with Crippen LogP contribution in [-0.2, 0) is 22.4 Å². The minimum atomic E-state index is -2.57. The fraction of sp³-hybridized carbons (Fsp3) is 0.368. The molecule has 0 saturated carbocycles. The number of fused-ring (bicyclic) bond motifs is 2. The highest BCUT2D eigenvalue weighted by Gasteiger charge is 2.31. The highest BCUT2D eigenvalue weighted by molar-refractivity contribution is 5.98. The Morgan fingerprint density at radius 2 is 1.39 bits per heavy atom. The van der Waals surface area contributed by atoms with Crippen molar-refractivity contribution in [2.75, 3.05) is 107 Å². The van der Waals surface area contributed by atoms with Gasteiger partial charge < -0.3 is 41.0 Å². The Morgan fingerprint density at radius 1 is 0.722 bits per heavy atom. The second-order valence-corrected chi connectivity index (χ2v) is 20.6. The maximum atomic E-state index is 15.8. The molecule has 0 bridgehead atoms. The number of anilines is 4. The molecule has 4 aromatic carbocycles. The lowest BCUT2D eigenvalue weighted by molar-refractivity contribution is -0.0259. The summed E-state index contributed by atoms with van der Waals surface area (Å²) >= 11 is 0. The van der Waals surface area contributed by atoms with Gasteiger partial charge in [0.2, 0.25) is 18.3 Å². The second-order valence-electron chi connectivity index (χ2n) is 20.6. The molecule has 79 heavy (non-hydrogen) atoms. The Hall–Kier alpha value is -7.66. The normalized spacial score (nSPS) is 17.7. The Labute approximate surface area is 450 Å². The number of aryl methyl sites for hydroxylation is 1. The summed E-state index contributed by atoms with van der Waals surface area (Å²) in [6.07, 6.45) is -1.54. The smallest absolute Gasteiger partial charge is 0.258 e. The molecule has 0 aliphatic carbocycles. The number of nitrogens with zero attached hydrogens (tertiary/aromatic N) is 8. The number of aromatic nitrogens is 5. The van der Waals surface area contributed by atoms with Gasteiger partial charge in [-0.25, -0.2) is 27.5 Å². The van der Waals surface area contributed by atoms with Crippen LogP contribution >= 0.6 is 0 Å². The third-order valence-electron chi connectivity index (χ3n) is 15.3. The molecule has 4 aliphatic rings. The van der Waals surface area contributed by atoms with Gasteiger partial charge in [-0.15, -0.1) is 0 Å². The van der Waals surface area contributed by atoms with Crippen LogP contribution in [0.1, 0.15) is 40.0 Å². The summed E-state index contributed by atoms with van der Waals surface area (Å²) in [4.78, 5) is 53.1. The van der Waals surface area contributed by atoms with Crippen molar-refractivity contribution in [3.63, 3.8) is 0 Å². The highest BCUT2D eigenvalue weighted by atomic mass is 19.3. The molecule has 1 amide bonds. The zero-order chi connectivity index (χ0) is 55.1. The molecule has 6 N–H and O–H groups in total. The van der Waals surface area contributed by atoms with Crippen molar-refractivity contribution < 1.29 is 40.6 Å². The van der Waals surface area contributed by atoms with Crippen molar-refractivity contribution in [1.82, 2.24) is 40.0 Å². The number of carbonyl (C=O) groups is 1. The molecule has 7 heterocycles. The predicted molar refractivity (Wildman–Crippen MR) is 289 cm³/mol. The Kier molecular flexibility index (Phi) is 15.3. The van der Waals surface area contributed by atoms with Crippen LogP contribution in [-0.4, -0.2) is 138 Å². The highest BCUT2D eigenvalue weighted by Crippen LogP contribution is 2.36. The summed E-state index contributed by atoms with van der Waals surface area (Å²) in [7, 11) is 0. The van der Waals surface area contributed by atoms with E-state index in [0.29, 0.717) is 126 Å². The van der Waals surface area contributed by atoms with E-state index in [-0.39, 0.29) is 75.6 Å². The second kappa shape index (κ2) is 22.6. The lowest BCUT2D eigenvalue weighted by Crippen LogP contribution is -2.47. The summed E-state index contributed by atoms with van der Waals surface area (Å²) in [5, 5.41) is 2.88. The molecule has 4 aliphatic heterocycles. The number of ether oxygens (including phenoxy) is 2. The predicted octanol–water partition coefficient (Wildman–Crippen LogP) is 7.61. The van der Waals surface area contributed by atoms with E-state index in [4.69, 9.17) is 20.9 Å². The third kappa shape index (κ3) is 11.3. The fourth-order valence-electron chi connectivity index (χ4n) is 11.2. The molecule has 3 saturated heterocycles. The summed E-state index contributed by atoms with van der Waals surface area (Å²) in [5.74, 6) is -5.21. The molecule has 412 valence electrons. The van der Waals surface area contributed by atoms with Crippen molar-refractivity contribution in [2.45, 2.75) is 45.3 Å². The van der Waals surface area contributed by atoms with Crippen molar-refractivity contribution >= 4 is 39.7 Å². The van der Waals surface area contributed by atoms with Gasteiger partial charge in [-0.1, -0.05) is 18.2 Å². The van der Waals surface area contributed by atoms with E-state index in [1.54, 1.807) is 43.3 Å². The van der Waals surface area contributed by atoms with Crippen molar-refractivity contribution in [3.8, 4) is 45.0 Å². The quantitative estimate of drug-likeness (QED) is 0.0732. The number of rotatable bonds is 15. The molecule has 3 aromatic heterocycles. The molecular weight excluding hydrogens is 1030 g/mol. The number of alkyl halides is 2. The first-order valence-electron chi connectivity index (χ1n) is 26.4. The first kappa shape index (κ1) is 53.3. The van der Waals surface area contributed by atoms with Gasteiger partial charge in [0.25, 0.3) is 11.5 Å². The number of H-pyrrole nitrogens is 1. The van der Waals surface area contributed by atoms with Crippen molar-refractivity contribution in [2.24, 2.45) is 5.92 Å². The third-order valence-corrected chi connectivity index (χ3v) is 15.3. The Morgan fingerprint density at radius 3 is 2.10 bits per heavy atom. The number of pyridine rings is 1. The van der Waals surface area contributed by atoms with Gasteiger partial charge in [-0.3, -0.25) is 19.4 Å². The van der Waals surface area contributed by atoms with Gasteiger partial charge in [-0.05, 0) is 104 Å². The van der Waals surface area contributed by atoms with E-state index < -0.39 is 47.3 Å². The van der Waals surface area contributed by atoms with Crippen LogP contribution in [0, 0.1) is 36.4 Å². The van der Waals surface area contributed by atoms with Crippen LogP contribution < -0.4 is 32.1 Å². The SMILES string of the molecule is Cc1cc2cc(-c3nc(-c4ccc(N5CCN(CCC(CO[C@H]6CCN(Cc7cc(-c8nc(-c9cc(F)c%10c(c9)CCNC%10=O)c(N)nc8F)ccc7N7CCOCC7)C6)C(F)F)CC5)cc4)c(F)nc3N)cc(F)c2c(=O)[nH]1. The van der Waals surface area contributed by atoms with E-state index in [1.165, 1.54) is 0 Å². The molecular formula is C57H58F6N12O4. The van der Waals surface area contributed by atoms with Crippen LogP contribution in [0.2, 0.25) is 0 Å². The van der Waals surface area contributed by atoms with Gasteiger partial charge in [-0.2, -0.15) is 18.7 Å². The minimum Gasteiger partial charge on any atom is -0.382 e. The number of benzene rings is 4. The number of halogens is 6. The van der Waals surface area contributed by atoms with Gasteiger partial charge in [0.15, 0.2) is 11.6 Å². The molecule has 1 unspecified atom stereocenters. The molecule has 11 rings (SSSR count). The molecule has 0 radical (unpaired) electrons. The van der Waals surface area contributed by atoms with Crippen molar-refractivity contribution in [3.05, 3.63) is 129 Å². The lowest BCUT2D eigenvalue weighted by atomic mass is 9.95. The summed E-state index contributed by atoms with van der Waals surface area (Å²) < 4.78 is 103. The number of likely N-dealkylation sites (tertiary alicyclic amines) is 1. The monoisotopic (exact) mass is 1090 g/mol.